The fourth-order valence-electron chi connectivity index (χ4n) is 3.26. The minimum atomic E-state index is -4.61. The molecular weight excluding hydrogens is 453 g/mol. The highest BCUT2D eigenvalue weighted by Gasteiger charge is 2.35. The lowest BCUT2D eigenvalue weighted by Crippen LogP contribution is -2.20. The van der Waals surface area contributed by atoms with E-state index in [1.165, 1.54) is 12.1 Å². The molecule has 0 saturated carbocycles. The van der Waals surface area contributed by atoms with Crippen molar-refractivity contribution in [1.29, 1.82) is 0 Å². The van der Waals surface area contributed by atoms with Crippen LogP contribution in [0.15, 0.2) is 47.0 Å². The van der Waals surface area contributed by atoms with Gasteiger partial charge in [0.2, 0.25) is 5.82 Å². The normalized spacial score (nSPS) is 13.5. The summed E-state index contributed by atoms with van der Waals surface area (Å²) >= 11 is 0. The van der Waals surface area contributed by atoms with E-state index in [1.807, 2.05) is 0 Å². The first-order chi connectivity index (χ1) is 15.9. The Kier molecular flexibility index (Phi) is 7.48. The lowest BCUT2D eigenvalue weighted by atomic mass is 10.1. The van der Waals surface area contributed by atoms with E-state index < -0.39 is 29.7 Å². The molecule has 1 N–H and O–H groups in total. The number of hydrogen-bond donors (Lipinski definition) is 1. The maximum Gasteiger partial charge on any atom is 0.419 e. The third-order valence-corrected chi connectivity index (χ3v) is 4.88. The van der Waals surface area contributed by atoms with E-state index in [9.17, 15) is 18.0 Å². The number of carbonyl (C=O) groups is 1. The summed E-state index contributed by atoms with van der Waals surface area (Å²) in [4.78, 5) is 15.2. The number of benzene rings is 2. The Morgan fingerprint density at radius 3 is 2.26 bits per heavy atom. The van der Waals surface area contributed by atoms with Gasteiger partial charge in [-0.1, -0.05) is 12.1 Å². The Labute approximate surface area is 194 Å². The van der Waals surface area contributed by atoms with Gasteiger partial charge in [0.05, 0.1) is 23.7 Å². The average Bonchev–Trinajstić information content (AvgIpc) is 3.23. The molecule has 0 aliphatic carbocycles. The zero-order chi connectivity index (χ0) is 25.0. The van der Waals surface area contributed by atoms with Crippen LogP contribution in [0.2, 0.25) is 0 Å². The third kappa shape index (κ3) is 6.27. The molecule has 0 saturated heterocycles. The number of carboxylic acid groups (broad SMARTS) is 1. The Bertz CT molecular complexity index is 1130. The highest BCUT2D eigenvalue weighted by molar-refractivity contribution is 5.69. The highest BCUT2D eigenvalue weighted by atomic mass is 19.4. The van der Waals surface area contributed by atoms with Crippen molar-refractivity contribution in [2.75, 3.05) is 0 Å². The van der Waals surface area contributed by atoms with E-state index in [0.717, 1.165) is 6.07 Å². The van der Waals surface area contributed by atoms with Gasteiger partial charge in [-0.25, -0.2) is 0 Å². The van der Waals surface area contributed by atoms with E-state index in [2.05, 4.69) is 10.1 Å². The van der Waals surface area contributed by atoms with Gasteiger partial charge < -0.3 is 19.1 Å². The number of carboxylic acids is 1. The van der Waals surface area contributed by atoms with Crippen LogP contribution in [0, 0.1) is 5.92 Å². The quantitative estimate of drug-likeness (QED) is 0.398. The van der Waals surface area contributed by atoms with Crippen LogP contribution < -0.4 is 9.47 Å². The van der Waals surface area contributed by atoms with Gasteiger partial charge in [-0.2, -0.15) is 18.2 Å². The summed E-state index contributed by atoms with van der Waals surface area (Å²) in [5.74, 6) is -1.02. The predicted octanol–water partition coefficient (Wildman–Crippen LogP) is 6.09. The van der Waals surface area contributed by atoms with Gasteiger partial charge in [0, 0.05) is 11.1 Å². The molecule has 182 valence electrons. The summed E-state index contributed by atoms with van der Waals surface area (Å²) in [6, 6.07) is 10.3. The van der Waals surface area contributed by atoms with E-state index in [1.54, 1.807) is 52.0 Å². The average molecular weight is 478 g/mol. The van der Waals surface area contributed by atoms with Crippen LogP contribution in [0.1, 0.15) is 39.7 Å². The molecule has 1 unspecified atom stereocenters. The molecule has 2 aromatic carbocycles. The molecule has 0 aliphatic heterocycles. The van der Waals surface area contributed by atoms with Gasteiger partial charge in [0.15, 0.2) is 0 Å². The number of alkyl halides is 3. The van der Waals surface area contributed by atoms with E-state index in [4.69, 9.17) is 19.1 Å². The minimum absolute atomic E-state index is 0.00760. The van der Waals surface area contributed by atoms with Gasteiger partial charge in [-0.15, -0.1) is 0 Å². The van der Waals surface area contributed by atoms with Crippen LogP contribution in [-0.4, -0.2) is 33.4 Å². The molecule has 3 aromatic rings. The number of aliphatic carboxylic acids is 1. The highest BCUT2D eigenvalue weighted by Crippen LogP contribution is 2.39. The molecule has 7 nitrogen and oxygen atoms in total. The van der Waals surface area contributed by atoms with Crippen molar-refractivity contribution in [2.24, 2.45) is 5.92 Å². The molecule has 0 bridgehead atoms. The molecule has 3 rings (SSSR count). The zero-order valence-corrected chi connectivity index (χ0v) is 19.1. The fraction of sp³-hybridized carbons (Fsp3) is 0.375. The van der Waals surface area contributed by atoms with Gasteiger partial charge in [0.25, 0.3) is 5.89 Å². The molecule has 34 heavy (non-hydrogen) atoms. The van der Waals surface area contributed by atoms with Gasteiger partial charge in [0.1, 0.15) is 11.5 Å². The van der Waals surface area contributed by atoms with Crippen LogP contribution in [0.25, 0.3) is 22.8 Å². The Morgan fingerprint density at radius 2 is 1.68 bits per heavy atom. The standard InChI is InChI=1S/C24H25F3N2O5/c1-13(2)32-20-10-7-17(12-19(20)24(25,26)27)21-28-22(34-29-21)16-5-8-18(9-6-16)33-15(4)11-14(3)23(30)31/h5-10,12-15H,11H2,1-4H3,(H,30,31)/t14?,15-/m1/s1. The van der Waals surface area contributed by atoms with Gasteiger partial charge in [-0.3, -0.25) is 4.79 Å². The molecule has 0 amide bonds. The largest absolute Gasteiger partial charge is 0.491 e. The number of nitrogens with zero attached hydrogens (tertiary/aromatic N) is 2. The first-order valence-electron chi connectivity index (χ1n) is 10.7. The van der Waals surface area contributed by atoms with Gasteiger partial charge in [-0.05, 0) is 69.7 Å². The van der Waals surface area contributed by atoms with Crippen molar-refractivity contribution >= 4 is 5.97 Å². The molecule has 0 spiro atoms. The summed E-state index contributed by atoms with van der Waals surface area (Å²) in [5.41, 5.74) is -0.230. The Balaban J connectivity index is 1.77. The summed E-state index contributed by atoms with van der Waals surface area (Å²) in [6.07, 6.45) is -4.98. The lowest BCUT2D eigenvalue weighted by molar-refractivity contribution is -0.142. The number of halogens is 3. The number of rotatable bonds is 9. The van der Waals surface area contributed by atoms with Crippen molar-refractivity contribution < 1.29 is 37.1 Å². The summed E-state index contributed by atoms with van der Waals surface area (Å²) < 4.78 is 56.8. The second-order valence-corrected chi connectivity index (χ2v) is 8.23. The van der Waals surface area contributed by atoms with E-state index in [0.29, 0.717) is 17.7 Å². The molecule has 0 aliphatic rings. The first kappa shape index (κ1) is 25.1. The molecule has 1 heterocycles. The fourth-order valence-corrected chi connectivity index (χ4v) is 3.26. The van der Waals surface area contributed by atoms with E-state index in [-0.39, 0.29) is 29.1 Å². The second kappa shape index (κ2) is 10.1. The maximum absolute atomic E-state index is 13.5. The van der Waals surface area contributed by atoms with Crippen LogP contribution in [0.3, 0.4) is 0 Å². The van der Waals surface area contributed by atoms with Crippen LogP contribution in [0.5, 0.6) is 11.5 Å². The second-order valence-electron chi connectivity index (χ2n) is 8.23. The lowest BCUT2D eigenvalue weighted by Gasteiger charge is -2.16. The first-order valence-corrected chi connectivity index (χ1v) is 10.7. The number of ether oxygens (including phenoxy) is 2. The van der Waals surface area contributed by atoms with Crippen LogP contribution in [0.4, 0.5) is 13.2 Å². The van der Waals surface area contributed by atoms with Crippen molar-refractivity contribution in [3.05, 3.63) is 48.0 Å². The molecule has 0 radical (unpaired) electrons. The van der Waals surface area contributed by atoms with Crippen LogP contribution in [-0.2, 0) is 11.0 Å². The van der Waals surface area contributed by atoms with Crippen molar-refractivity contribution in [2.45, 2.75) is 52.5 Å². The summed E-state index contributed by atoms with van der Waals surface area (Å²) in [6.45, 7) is 6.69. The minimum Gasteiger partial charge on any atom is -0.491 e. The van der Waals surface area contributed by atoms with Crippen molar-refractivity contribution in [3.63, 3.8) is 0 Å². The molecule has 1 aromatic heterocycles. The zero-order valence-electron chi connectivity index (χ0n) is 19.1. The number of hydrogen-bond acceptors (Lipinski definition) is 6. The maximum atomic E-state index is 13.5. The SMILES string of the molecule is CC(C)Oc1ccc(-c2noc(-c3ccc(O[C@H](C)CC(C)C(=O)O)cc3)n2)cc1C(F)(F)F. The van der Waals surface area contributed by atoms with E-state index >= 15 is 0 Å². The molecule has 0 fully saturated rings. The third-order valence-electron chi connectivity index (χ3n) is 4.88. The topological polar surface area (TPSA) is 94.7 Å². The Morgan fingerprint density at radius 1 is 1.03 bits per heavy atom. The van der Waals surface area contributed by atoms with Crippen molar-refractivity contribution in [1.82, 2.24) is 10.1 Å². The number of aromatic nitrogens is 2. The Hall–Kier alpha value is -3.56. The smallest absolute Gasteiger partial charge is 0.419 e. The molecule has 2 atom stereocenters. The van der Waals surface area contributed by atoms with Crippen molar-refractivity contribution in [3.8, 4) is 34.3 Å². The molecule has 10 heteroatoms. The predicted molar refractivity (Wildman–Crippen MR) is 117 cm³/mol. The summed E-state index contributed by atoms with van der Waals surface area (Å²) in [7, 11) is 0. The monoisotopic (exact) mass is 478 g/mol. The van der Waals surface area contributed by atoms with Gasteiger partial charge >= 0.3 is 12.1 Å². The van der Waals surface area contributed by atoms with Crippen LogP contribution >= 0.6 is 0 Å². The molecular formula is C24H25F3N2O5. The summed E-state index contributed by atoms with van der Waals surface area (Å²) in [5, 5.41) is 12.8.